The summed E-state index contributed by atoms with van der Waals surface area (Å²) < 4.78 is 51.0. The van der Waals surface area contributed by atoms with Crippen molar-refractivity contribution in [1.82, 2.24) is 4.90 Å². The minimum atomic E-state index is -0.916. The lowest BCUT2D eigenvalue weighted by atomic mass is 9.81. The number of ether oxygens (including phenoxy) is 6. The largest absolute Gasteiger partial charge is 0.497 e. The van der Waals surface area contributed by atoms with Gasteiger partial charge >= 0.3 is 0 Å². The molecule has 10 heteroatoms. The second-order valence-electron chi connectivity index (χ2n) is 9.86. The van der Waals surface area contributed by atoms with Crippen molar-refractivity contribution in [3.63, 3.8) is 0 Å². The molecule has 2 aliphatic heterocycles. The summed E-state index contributed by atoms with van der Waals surface area (Å²) in [5.41, 5.74) is 1.41. The molecule has 0 saturated carbocycles. The van der Waals surface area contributed by atoms with Crippen LogP contribution < -0.4 is 18.9 Å². The van der Waals surface area contributed by atoms with Gasteiger partial charge in [0.15, 0.2) is 0 Å². The van der Waals surface area contributed by atoms with E-state index in [2.05, 4.69) is 22.6 Å². The Morgan fingerprint density at radius 2 is 1.51 bits per heavy atom. The van der Waals surface area contributed by atoms with Crippen LogP contribution in [0.5, 0.6) is 23.0 Å². The van der Waals surface area contributed by atoms with Crippen LogP contribution in [0.4, 0.5) is 4.39 Å². The molecule has 0 N–H and O–H groups in total. The Morgan fingerprint density at radius 1 is 0.902 bits per heavy atom. The van der Waals surface area contributed by atoms with E-state index in [1.165, 1.54) is 6.07 Å². The molecule has 0 bridgehead atoms. The molecule has 1 saturated heterocycles. The van der Waals surface area contributed by atoms with Crippen molar-refractivity contribution in [3.05, 3.63) is 83.2 Å². The number of alkyl halides is 1. The molecule has 2 heterocycles. The first kappa shape index (κ1) is 29.2. The van der Waals surface area contributed by atoms with Crippen LogP contribution in [0, 0.1) is 5.82 Å². The predicted octanol–water partition coefficient (Wildman–Crippen LogP) is 5.74. The SMILES string of the molecule is COc1ccc(CN(Cc2ccc(OC)cc2OC)C2=N[C@@]3(c4ccccc4F)CCO[C@H]3[C@@H](CI)O2)c(OC)c1. The van der Waals surface area contributed by atoms with Crippen LogP contribution in [0.1, 0.15) is 23.1 Å². The maximum absolute atomic E-state index is 15.4. The van der Waals surface area contributed by atoms with E-state index in [4.69, 9.17) is 33.4 Å². The van der Waals surface area contributed by atoms with Gasteiger partial charge in [0.25, 0.3) is 6.02 Å². The number of nitrogens with zero attached hydrogens (tertiary/aromatic N) is 2. The van der Waals surface area contributed by atoms with Gasteiger partial charge in [-0.25, -0.2) is 9.38 Å². The summed E-state index contributed by atoms with van der Waals surface area (Å²) >= 11 is 2.30. The first-order valence-electron chi connectivity index (χ1n) is 13.3. The molecule has 0 unspecified atom stereocenters. The van der Waals surface area contributed by atoms with Gasteiger partial charge in [-0.05, 0) is 30.3 Å². The molecule has 5 rings (SSSR count). The first-order valence-corrected chi connectivity index (χ1v) is 14.8. The van der Waals surface area contributed by atoms with Crippen molar-refractivity contribution in [2.45, 2.75) is 37.3 Å². The highest BCUT2D eigenvalue weighted by molar-refractivity contribution is 14.1. The molecule has 218 valence electrons. The van der Waals surface area contributed by atoms with Crippen molar-refractivity contribution >= 4 is 28.6 Å². The van der Waals surface area contributed by atoms with Gasteiger partial charge in [-0.1, -0.05) is 40.8 Å². The number of halogens is 2. The number of hydrogen-bond donors (Lipinski definition) is 0. The highest BCUT2D eigenvalue weighted by atomic mass is 127. The van der Waals surface area contributed by atoms with Crippen LogP contribution in [0.3, 0.4) is 0 Å². The molecule has 2 aliphatic rings. The zero-order valence-corrected chi connectivity index (χ0v) is 25.7. The Balaban J connectivity index is 1.63. The Morgan fingerprint density at radius 3 is 2.05 bits per heavy atom. The summed E-state index contributed by atoms with van der Waals surface area (Å²) in [6.45, 7) is 1.26. The third-order valence-electron chi connectivity index (χ3n) is 7.61. The van der Waals surface area contributed by atoms with E-state index in [1.54, 1.807) is 40.6 Å². The average molecular weight is 677 g/mol. The van der Waals surface area contributed by atoms with Crippen LogP contribution >= 0.6 is 22.6 Å². The minimum absolute atomic E-state index is 0.305. The molecule has 3 aromatic carbocycles. The van der Waals surface area contributed by atoms with Gasteiger partial charge in [0, 0.05) is 39.7 Å². The van der Waals surface area contributed by atoms with Crippen LogP contribution in [-0.4, -0.2) is 62.6 Å². The van der Waals surface area contributed by atoms with Crippen molar-refractivity contribution in [2.24, 2.45) is 4.99 Å². The van der Waals surface area contributed by atoms with Gasteiger partial charge in [0.1, 0.15) is 46.6 Å². The van der Waals surface area contributed by atoms with E-state index in [-0.39, 0.29) is 11.9 Å². The molecule has 41 heavy (non-hydrogen) atoms. The topological polar surface area (TPSA) is 71.0 Å². The summed E-state index contributed by atoms with van der Waals surface area (Å²) in [6.07, 6.45) is -0.194. The fourth-order valence-electron chi connectivity index (χ4n) is 5.54. The maximum Gasteiger partial charge on any atom is 0.289 e. The van der Waals surface area contributed by atoms with E-state index in [0.717, 1.165) is 11.1 Å². The lowest BCUT2D eigenvalue weighted by Crippen LogP contribution is -2.53. The standard InChI is InChI=1S/C31H34FIN2O6/c1-36-22-11-9-20(26(15-22)38-3)18-35(19-21-10-12-23(37-2)16-27(21)39-4)30-34-31(24-7-5-6-8-25(24)32)13-14-40-29(31)28(17-33)41-30/h5-12,15-16,28-29H,13-14,17-19H2,1-4H3/t28-,29+,31-/m1/s1. The van der Waals surface area contributed by atoms with Crippen LogP contribution in [0.25, 0.3) is 0 Å². The molecular formula is C31H34FIN2O6. The van der Waals surface area contributed by atoms with E-state index in [9.17, 15) is 0 Å². The number of rotatable bonds is 10. The van der Waals surface area contributed by atoms with Gasteiger partial charge < -0.3 is 33.3 Å². The zero-order valence-electron chi connectivity index (χ0n) is 23.6. The molecule has 1 fully saturated rings. The summed E-state index contributed by atoms with van der Waals surface area (Å²) in [5, 5.41) is 0. The molecule has 0 spiro atoms. The zero-order chi connectivity index (χ0) is 29.0. The van der Waals surface area contributed by atoms with Crippen LogP contribution in [0.2, 0.25) is 0 Å². The van der Waals surface area contributed by atoms with E-state index in [0.29, 0.717) is 65.1 Å². The van der Waals surface area contributed by atoms with Crippen LogP contribution in [-0.2, 0) is 28.1 Å². The fourth-order valence-corrected chi connectivity index (χ4v) is 6.18. The normalized spacial score (nSPS) is 21.4. The third kappa shape index (κ3) is 5.76. The fraction of sp³-hybridized carbons (Fsp3) is 0.387. The van der Waals surface area contributed by atoms with Gasteiger partial charge in [-0.2, -0.15) is 0 Å². The molecule has 3 atom stereocenters. The number of hydrogen-bond acceptors (Lipinski definition) is 8. The summed E-state index contributed by atoms with van der Waals surface area (Å²) in [7, 11) is 6.49. The lowest BCUT2D eigenvalue weighted by molar-refractivity contribution is -0.0326. The smallest absolute Gasteiger partial charge is 0.289 e. The number of aliphatic imine (C=N–C) groups is 1. The Bertz CT molecular complexity index is 1350. The van der Waals surface area contributed by atoms with Gasteiger partial charge in [0.05, 0.1) is 48.1 Å². The van der Waals surface area contributed by atoms with Crippen molar-refractivity contribution in [3.8, 4) is 23.0 Å². The third-order valence-corrected chi connectivity index (χ3v) is 8.48. The minimum Gasteiger partial charge on any atom is -0.497 e. The van der Waals surface area contributed by atoms with E-state index in [1.807, 2.05) is 47.4 Å². The molecule has 0 radical (unpaired) electrons. The second-order valence-corrected chi connectivity index (χ2v) is 10.7. The summed E-state index contributed by atoms with van der Waals surface area (Å²) in [5.74, 6) is 2.41. The van der Waals surface area contributed by atoms with Crippen LogP contribution in [0.15, 0.2) is 65.7 Å². The highest BCUT2D eigenvalue weighted by Gasteiger charge is 2.55. The average Bonchev–Trinajstić information content (AvgIpc) is 3.45. The molecule has 0 amide bonds. The van der Waals surface area contributed by atoms with Gasteiger partial charge in [-0.15, -0.1) is 0 Å². The van der Waals surface area contributed by atoms with Crippen molar-refractivity contribution in [2.75, 3.05) is 39.5 Å². The van der Waals surface area contributed by atoms with Gasteiger partial charge in [-0.3, -0.25) is 0 Å². The second kappa shape index (κ2) is 12.7. The lowest BCUT2D eigenvalue weighted by Gasteiger charge is -2.42. The molecule has 8 nitrogen and oxygen atoms in total. The predicted molar refractivity (Wildman–Crippen MR) is 162 cm³/mol. The maximum atomic E-state index is 15.4. The number of methoxy groups -OCH3 is 4. The summed E-state index contributed by atoms with van der Waals surface area (Å²) in [6, 6.07) is 18.6. The Kier molecular flexibility index (Phi) is 9.08. The summed E-state index contributed by atoms with van der Waals surface area (Å²) in [4.78, 5) is 7.23. The van der Waals surface area contributed by atoms with Gasteiger partial charge in [0.2, 0.25) is 0 Å². The Labute approximate surface area is 253 Å². The quantitative estimate of drug-likeness (QED) is 0.201. The molecule has 3 aromatic rings. The first-order chi connectivity index (χ1) is 20.0. The molecule has 0 aliphatic carbocycles. The number of amidine groups is 1. The highest BCUT2D eigenvalue weighted by Crippen LogP contribution is 2.46. The molecule has 0 aromatic heterocycles. The van der Waals surface area contributed by atoms with E-state index >= 15 is 4.39 Å². The number of fused-ring (bicyclic) bond motifs is 1. The van der Waals surface area contributed by atoms with Crippen molar-refractivity contribution < 1.29 is 32.8 Å². The molecular weight excluding hydrogens is 642 g/mol. The number of benzene rings is 3. The monoisotopic (exact) mass is 676 g/mol. The van der Waals surface area contributed by atoms with E-state index < -0.39 is 11.6 Å². The van der Waals surface area contributed by atoms with Crippen molar-refractivity contribution in [1.29, 1.82) is 0 Å². The Hall–Kier alpha value is -3.25.